The van der Waals surface area contributed by atoms with Crippen molar-refractivity contribution in [2.45, 2.75) is 0 Å². The summed E-state index contributed by atoms with van der Waals surface area (Å²) in [6, 6.07) is 16.6. The van der Waals surface area contributed by atoms with E-state index in [0.29, 0.717) is 38.9 Å². The van der Waals surface area contributed by atoms with E-state index in [1.807, 2.05) is 6.07 Å². The van der Waals surface area contributed by atoms with Crippen LogP contribution in [0.25, 0.3) is 28.7 Å². The van der Waals surface area contributed by atoms with Crippen LogP contribution in [-0.2, 0) is 0 Å². The number of nitrogens with zero attached hydrogens (tertiary/aromatic N) is 2. The maximum atomic E-state index is 13.3. The molecule has 1 N–H and O–H groups in total. The summed E-state index contributed by atoms with van der Waals surface area (Å²) >= 11 is 6.27. The molecule has 1 aliphatic heterocycles. The lowest BCUT2D eigenvalue weighted by atomic mass is 10.1. The summed E-state index contributed by atoms with van der Waals surface area (Å²) in [5, 5.41) is 10.1. The molecule has 0 amide bonds. The van der Waals surface area contributed by atoms with Crippen molar-refractivity contribution in [3.8, 4) is 17.2 Å². The first-order valence-electron chi connectivity index (χ1n) is 9.64. The first-order valence-corrected chi connectivity index (χ1v) is 10.0. The van der Waals surface area contributed by atoms with E-state index >= 15 is 0 Å². The van der Waals surface area contributed by atoms with Crippen molar-refractivity contribution in [3.05, 3.63) is 93.0 Å². The zero-order valence-electron chi connectivity index (χ0n) is 16.5. The van der Waals surface area contributed by atoms with Crippen LogP contribution in [0.5, 0.6) is 11.5 Å². The molecule has 1 aliphatic rings. The van der Waals surface area contributed by atoms with Gasteiger partial charge < -0.3 is 14.6 Å². The number of rotatable bonds is 4. The third-order valence-electron chi connectivity index (χ3n) is 5.05. The molecule has 0 spiro atoms. The average molecular weight is 447 g/mol. The van der Waals surface area contributed by atoms with E-state index in [-0.39, 0.29) is 17.9 Å². The third kappa shape index (κ3) is 3.48. The maximum absolute atomic E-state index is 13.3. The van der Waals surface area contributed by atoms with Crippen molar-refractivity contribution >= 4 is 40.6 Å². The van der Waals surface area contributed by atoms with Crippen LogP contribution < -0.4 is 15.0 Å². The standard InChI is InChI=1S/C24H15ClN2O5/c25-18-11-14(12-20-22(18)32-13-31-20)5-10-21-26-19-4-2-1-3-17(19)23(28)27(21)16-8-6-15(7-9-16)24(29)30/h1-12H,13H2,(H,29,30)/b10-5+. The number of carboxylic acids is 1. The minimum Gasteiger partial charge on any atom is -0.478 e. The zero-order valence-corrected chi connectivity index (χ0v) is 17.2. The van der Waals surface area contributed by atoms with Crippen LogP contribution in [0.2, 0.25) is 5.02 Å². The number of ether oxygens (including phenoxy) is 2. The Labute approximate surface area is 186 Å². The van der Waals surface area contributed by atoms with Gasteiger partial charge in [-0.15, -0.1) is 0 Å². The number of aromatic carboxylic acids is 1. The van der Waals surface area contributed by atoms with E-state index in [1.54, 1.807) is 54.6 Å². The molecule has 2 heterocycles. The highest BCUT2D eigenvalue weighted by atomic mass is 35.5. The lowest BCUT2D eigenvalue weighted by Gasteiger charge is -2.12. The topological polar surface area (TPSA) is 90.7 Å². The third-order valence-corrected chi connectivity index (χ3v) is 5.33. The number of hydrogen-bond donors (Lipinski definition) is 1. The van der Waals surface area contributed by atoms with Gasteiger partial charge in [-0.1, -0.05) is 29.8 Å². The zero-order chi connectivity index (χ0) is 22.2. The van der Waals surface area contributed by atoms with Crippen molar-refractivity contribution in [2.75, 3.05) is 6.79 Å². The molecule has 32 heavy (non-hydrogen) atoms. The lowest BCUT2D eigenvalue weighted by molar-refractivity contribution is 0.0697. The normalized spacial score (nSPS) is 12.5. The highest BCUT2D eigenvalue weighted by Gasteiger charge is 2.18. The minimum atomic E-state index is -1.04. The summed E-state index contributed by atoms with van der Waals surface area (Å²) < 4.78 is 12.2. The van der Waals surface area contributed by atoms with Crippen molar-refractivity contribution in [2.24, 2.45) is 0 Å². The molecule has 1 aromatic heterocycles. The van der Waals surface area contributed by atoms with Crippen molar-refractivity contribution in [1.82, 2.24) is 9.55 Å². The first kappa shape index (κ1) is 19.8. The molecule has 0 atom stereocenters. The van der Waals surface area contributed by atoms with Crippen LogP contribution >= 0.6 is 11.6 Å². The Morgan fingerprint density at radius 3 is 2.62 bits per heavy atom. The van der Waals surface area contributed by atoms with Gasteiger partial charge >= 0.3 is 5.97 Å². The summed E-state index contributed by atoms with van der Waals surface area (Å²) in [5.41, 5.74) is 1.67. The molecule has 5 rings (SSSR count). The van der Waals surface area contributed by atoms with Gasteiger partial charge in [0.25, 0.3) is 5.56 Å². The quantitative estimate of drug-likeness (QED) is 0.491. The van der Waals surface area contributed by atoms with Crippen LogP contribution in [0.4, 0.5) is 0 Å². The summed E-state index contributed by atoms with van der Waals surface area (Å²) in [6.07, 6.45) is 3.47. The number of halogens is 1. The number of para-hydroxylation sites is 1. The van der Waals surface area contributed by atoms with Crippen LogP contribution in [0, 0.1) is 0 Å². The molecule has 0 saturated heterocycles. The summed E-state index contributed by atoms with van der Waals surface area (Å²) in [6.45, 7) is 0.111. The Morgan fingerprint density at radius 1 is 1.06 bits per heavy atom. The van der Waals surface area contributed by atoms with Gasteiger partial charge in [0, 0.05) is 0 Å². The van der Waals surface area contributed by atoms with Crippen molar-refractivity contribution < 1.29 is 19.4 Å². The Bertz CT molecular complexity index is 1460. The smallest absolute Gasteiger partial charge is 0.335 e. The number of benzene rings is 3. The Balaban J connectivity index is 1.66. The van der Waals surface area contributed by atoms with E-state index in [0.717, 1.165) is 5.56 Å². The minimum absolute atomic E-state index is 0.111. The number of carboxylic acid groups (broad SMARTS) is 1. The van der Waals surface area contributed by atoms with Crippen LogP contribution in [0.15, 0.2) is 65.5 Å². The molecular formula is C24H15ClN2O5. The van der Waals surface area contributed by atoms with Crippen LogP contribution in [0.1, 0.15) is 21.7 Å². The van der Waals surface area contributed by atoms with Gasteiger partial charge in [0.15, 0.2) is 11.5 Å². The van der Waals surface area contributed by atoms with Gasteiger partial charge in [-0.05, 0) is 60.2 Å². The molecule has 3 aromatic carbocycles. The highest BCUT2D eigenvalue weighted by Crippen LogP contribution is 2.40. The van der Waals surface area contributed by atoms with Gasteiger partial charge in [-0.3, -0.25) is 9.36 Å². The van der Waals surface area contributed by atoms with Crippen LogP contribution in [0.3, 0.4) is 0 Å². The van der Waals surface area contributed by atoms with E-state index < -0.39 is 5.97 Å². The van der Waals surface area contributed by atoms with Crippen molar-refractivity contribution in [1.29, 1.82) is 0 Å². The van der Waals surface area contributed by atoms with Crippen molar-refractivity contribution in [3.63, 3.8) is 0 Å². The predicted molar refractivity (Wildman–Crippen MR) is 121 cm³/mol. The summed E-state index contributed by atoms with van der Waals surface area (Å²) in [7, 11) is 0. The number of fused-ring (bicyclic) bond motifs is 2. The van der Waals surface area contributed by atoms with Gasteiger partial charge in [-0.25, -0.2) is 9.78 Å². The lowest BCUT2D eigenvalue weighted by Crippen LogP contribution is -2.22. The second kappa shape index (κ2) is 7.86. The summed E-state index contributed by atoms with van der Waals surface area (Å²) in [5.74, 6) is 0.388. The Kier molecular flexibility index (Phi) is 4.88. The second-order valence-corrected chi connectivity index (χ2v) is 7.46. The van der Waals surface area contributed by atoms with Gasteiger partial charge in [0.05, 0.1) is 27.2 Å². The van der Waals surface area contributed by atoms with Gasteiger partial charge in [0.2, 0.25) is 6.79 Å². The fourth-order valence-electron chi connectivity index (χ4n) is 3.52. The number of hydrogen-bond acceptors (Lipinski definition) is 5. The van der Waals surface area contributed by atoms with E-state index in [1.165, 1.54) is 16.7 Å². The fraction of sp³-hybridized carbons (Fsp3) is 0.0417. The monoisotopic (exact) mass is 446 g/mol. The molecule has 158 valence electrons. The Hall–Kier alpha value is -4.10. The van der Waals surface area contributed by atoms with E-state index in [9.17, 15) is 14.7 Å². The molecule has 0 aliphatic carbocycles. The molecule has 0 saturated carbocycles. The molecule has 0 fully saturated rings. The molecular weight excluding hydrogens is 432 g/mol. The number of aromatic nitrogens is 2. The largest absolute Gasteiger partial charge is 0.478 e. The van der Waals surface area contributed by atoms with Crippen LogP contribution in [-0.4, -0.2) is 27.4 Å². The average Bonchev–Trinajstić information content (AvgIpc) is 3.27. The fourth-order valence-corrected chi connectivity index (χ4v) is 3.79. The van der Waals surface area contributed by atoms with E-state index in [2.05, 4.69) is 4.98 Å². The number of carbonyl (C=O) groups is 1. The molecule has 4 aromatic rings. The molecule has 7 nitrogen and oxygen atoms in total. The molecule has 0 bridgehead atoms. The van der Waals surface area contributed by atoms with Gasteiger partial charge in [0.1, 0.15) is 5.82 Å². The molecule has 8 heteroatoms. The molecule has 0 radical (unpaired) electrons. The van der Waals surface area contributed by atoms with Gasteiger partial charge in [-0.2, -0.15) is 0 Å². The highest BCUT2D eigenvalue weighted by molar-refractivity contribution is 6.32. The van der Waals surface area contributed by atoms with E-state index in [4.69, 9.17) is 21.1 Å². The molecule has 0 unspecified atom stereocenters. The Morgan fingerprint density at radius 2 is 1.84 bits per heavy atom. The summed E-state index contributed by atoms with van der Waals surface area (Å²) in [4.78, 5) is 29.2. The SMILES string of the molecule is O=C(O)c1ccc(-n2c(/C=C/c3cc(Cl)c4c(c3)OCO4)nc3ccccc3c2=O)cc1. The maximum Gasteiger partial charge on any atom is 0.335 e. The first-order chi connectivity index (χ1) is 15.5. The second-order valence-electron chi connectivity index (χ2n) is 7.05. The predicted octanol–water partition coefficient (Wildman–Crippen LogP) is 4.64.